The molecular formula is C11H10N4O2S. The maximum absolute atomic E-state index is 11.7. The minimum Gasteiger partial charge on any atom is -0.375 e. The normalized spacial score (nSPS) is 20.9. The smallest absolute Gasteiger partial charge is 0.275 e. The lowest BCUT2D eigenvalue weighted by Crippen LogP contribution is -2.28. The first-order chi connectivity index (χ1) is 8.59. The van der Waals surface area contributed by atoms with E-state index in [1.165, 1.54) is 0 Å². The van der Waals surface area contributed by atoms with Crippen molar-refractivity contribution in [3.05, 3.63) is 35.9 Å². The van der Waals surface area contributed by atoms with Crippen molar-refractivity contribution in [2.45, 2.75) is 5.92 Å². The lowest BCUT2D eigenvalue weighted by Gasteiger charge is -2.07. The van der Waals surface area contributed by atoms with Crippen LogP contribution < -0.4 is 16.5 Å². The number of thiocarbonyl (C=S) groups is 1. The molecule has 1 heterocycles. The summed E-state index contributed by atoms with van der Waals surface area (Å²) in [5.74, 6) is -1.69. The number of imide groups is 1. The zero-order chi connectivity index (χ0) is 13.1. The molecule has 6 nitrogen and oxygen atoms in total. The Labute approximate surface area is 108 Å². The molecule has 1 aromatic rings. The average Bonchev–Trinajstić information content (AvgIpc) is 2.62. The van der Waals surface area contributed by atoms with E-state index in [1.807, 2.05) is 6.07 Å². The number of hydrogen-bond donors (Lipinski definition) is 3. The largest absolute Gasteiger partial charge is 0.375 e. The van der Waals surface area contributed by atoms with Gasteiger partial charge in [0.15, 0.2) is 5.11 Å². The fourth-order valence-electron chi connectivity index (χ4n) is 1.69. The van der Waals surface area contributed by atoms with Gasteiger partial charge in [-0.2, -0.15) is 5.10 Å². The summed E-state index contributed by atoms with van der Waals surface area (Å²) in [7, 11) is 0. The molecule has 4 N–H and O–H groups in total. The highest BCUT2D eigenvalue weighted by Gasteiger charge is 2.39. The first-order valence-corrected chi connectivity index (χ1v) is 5.53. The average molecular weight is 262 g/mol. The van der Waals surface area contributed by atoms with Crippen LogP contribution in [0, 0.1) is 0 Å². The molecule has 92 valence electrons. The second-order valence-electron chi connectivity index (χ2n) is 3.64. The van der Waals surface area contributed by atoms with Crippen molar-refractivity contribution in [3.8, 4) is 0 Å². The number of hydrazone groups is 1. The summed E-state index contributed by atoms with van der Waals surface area (Å²) in [6, 6.07) is 8.88. The van der Waals surface area contributed by atoms with Crippen LogP contribution in [0.5, 0.6) is 0 Å². The first kappa shape index (κ1) is 12.2. The molecule has 1 aliphatic rings. The maximum Gasteiger partial charge on any atom is 0.275 e. The molecule has 1 fully saturated rings. The fourth-order valence-corrected chi connectivity index (χ4v) is 1.73. The number of benzene rings is 1. The van der Waals surface area contributed by atoms with Gasteiger partial charge in [-0.25, -0.2) is 0 Å². The Morgan fingerprint density at radius 1 is 1.33 bits per heavy atom. The molecule has 1 aliphatic heterocycles. The lowest BCUT2D eigenvalue weighted by atomic mass is 9.96. The Morgan fingerprint density at radius 3 is 2.61 bits per heavy atom. The van der Waals surface area contributed by atoms with Crippen LogP contribution in [-0.2, 0) is 9.59 Å². The Balaban J connectivity index is 2.37. The highest BCUT2D eigenvalue weighted by Crippen LogP contribution is 2.21. The molecule has 0 spiro atoms. The van der Waals surface area contributed by atoms with E-state index in [0.717, 1.165) is 0 Å². The Bertz CT molecular complexity index is 541. The monoisotopic (exact) mass is 262 g/mol. The molecule has 0 bridgehead atoms. The van der Waals surface area contributed by atoms with Gasteiger partial charge in [0.1, 0.15) is 11.6 Å². The second kappa shape index (κ2) is 4.92. The van der Waals surface area contributed by atoms with E-state index < -0.39 is 17.7 Å². The molecule has 0 saturated carbocycles. The maximum atomic E-state index is 11.7. The van der Waals surface area contributed by atoms with Gasteiger partial charge in [0.25, 0.3) is 5.91 Å². The number of nitrogens with zero attached hydrogens (tertiary/aromatic N) is 1. The fraction of sp³-hybridized carbons (Fsp3) is 0.0909. The van der Waals surface area contributed by atoms with Gasteiger partial charge in [0, 0.05) is 0 Å². The van der Waals surface area contributed by atoms with Gasteiger partial charge in [-0.1, -0.05) is 30.3 Å². The number of hydrogen-bond acceptors (Lipinski definition) is 4. The Hall–Kier alpha value is -2.28. The predicted molar refractivity (Wildman–Crippen MR) is 69.7 cm³/mol. The van der Waals surface area contributed by atoms with Gasteiger partial charge in [0.05, 0.1) is 0 Å². The number of amides is 2. The molecule has 0 aromatic heterocycles. The van der Waals surface area contributed by atoms with E-state index in [4.69, 9.17) is 5.73 Å². The number of rotatable bonds is 2. The highest BCUT2D eigenvalue weighted by molar-refractivity contribution is 7.80. The van der Waals surface area contributed by atoms with E-state index in [9.17, 15) is 9.59 Å². The van der Waals surface area contributed by atoms with E-state index in [2.05, 4.69) is 28.1 Å². The molecule has 0 radical (unpaired) electrons. The molecule has 1 atom stereocenters. The lowest BCUT2D eigenvalue weighted by molar-refractivity contribution is -0.124. The molecule has 2 rings (SSSR count). The minimum absolute atomic E-state index is 0.0546. The van der Waals surface area contributed by atoms with Gasteiger partial charge in [-0.15, -0.1) is 0 Å². The van der Waals surface area contributed by atoms with Crippen LogP contribution in [-0.4, -0.2) is 22.6 Å². The van der Waals surface area contributed by atoms with Crippen molar-refractivity contribution in [1.29, 1.82) is 0 Å². The number of nitrogens with two attached hydrogens (primary N) is 1. The van der Waals surface area contributed by atoms with E-state index in [0.29, 0.717) is 5.56 Å². The second-order valence-corrected chi connectivity index (χ2v) is 4.07. The topological polar surface area (TPSA) is 96.6 Å². The number of carbonyl (C=O) groups excluding carboxylic acids is 2. The van der Waals surface area contributed by atoms with Gasteiger partial charge in [-0.05, 0) is 17.8 Å². The zero-order valence-corrected chi connectivity index (χ0v) is 10.0. The van der Waals surface area contributed by atoms with Gasteiger partial charge < -0.3 is 5.73 Å². The first-order valence-electron chi connectivity index (χ1n) is 5.12. The summed E-state index contributed by atoms with van der Waals surface area (Å²) in [5.41, 5.74) is 8.29. The molecule has 7 heteroatoms. The number of nitrogens with one attached hydrogen (secondary N) is 2. The van der Waals surface area contributed by atoms with E-state index in [1.54, 1.807) is 24.3 Å². The van der Waals surface area contributed by atoms with Crippen molar-refractivity contribution in [3.63, 3.8) is 0 Å². The molecule has 1 saturated heterocycles. The third kappa shape index (κ3) is 2.35. The van der Waals surface area contributed by atoms with Crippen LogP contribution in [0.15, 0.2) is 35.4 Å². The third-order valence-electron chi connectivity index (χ3n) is 2.42. The van der Waals surface area contributed by atoms with Crippen LogP contribution >= 0.6 is 12.2 Å². The summed E-state index contributed by atoms with van der Waals surface area (Å²) in [6.07, 6.45) is 0. The molecule has 18 heavy (non-hydrogen) atoms. The third-order valence-corrected chi connectivity index (χ3v) is 2.52. The van der Waals surface area contributed by atoms with Crippen LogP contribution in [0.25, 0.3) is 0 Å². The molecular weight excluding hydrogens is 252 g/mol. The van der Waals surface area contributed by atoms with Crippen molar-refractivity contribution in [2.75, 3.05) is 0 Å². The summed E-state index contributed by atoms with van der Waals surface area (Å²) in [4.78, 5) is 23.3. The standard InChI is InChI=1S/C11H10N4O2S/c12-11(18)15-14-8-7(9(16)13-10(8)17)6-4-2-1-3-5-6/h1-5,7H,(H3,12,15,18)(H,13,16,17)/b14-8-/t7-/m0/s1. The SMILES string of the molecule is NC(=S)N/N=C1\C(=O)NC(=O)[C@H]1c1ccccc1. The van der Waals surface area contributed by atoms with Crippen LogP contribution in [0.1, 0.15) is 11.5 Å². The van der Waals surface area contributed by atoms with E-state index >= 15 is 0 Å². The number of carbonyl (C=O) groups is 2. The van der Waals surface area contributed by atoms with Crippen molar-refractivity contribution in [2.24, 2.45) is 10.8 Å². The van der Waals surface area contributed by atoms with E-state index in [-0.39, 0.29) is 10.8 Å². The predicted octanol–water partition coefficient (Wildman–Crippen LogP) is -0.384. The van der Waals surface area contributed by atoms with Crippen LogP contribution in [0.3, 0.4) is 0 Å². The Kier molecular flexibility index (Phi) is 3.33. The molecule has 0 aliphatic carbocycles. The molecule has 2 amide bonds. The van der Waals surface area contributed by atoms with Crippen LogP contribution in [0.2, 0.25) is 0 Å². The summed E-state index contributed by atoms with van der Waals surface area (Å²) in [6.45, 7) is 0. The van der Waals surface area contributed by atoms with Gasteiger partial charge >= 0.3 is 0 Å². The molecule has 0 unspecified atom stereocenters. The van der Waals surface area contributed by atoms with Crippen LogP contribution in [0.4, 0.5) is 0 Å². The van der Waals surface area contributed by atoms with Crippen molar-refractivity contribution in [1.82, 2.24) is 10.7 Å². The molecule has 1 aromatic carbocycles. The quantitative estimate of drug-likeness (QED) is 0.383. The minimum atomic E-state index is -0.736. The summed E-state index contributed by atoms with van der Waals surface area (Å²) >= 11 is 4.60. The summed E-state index contributed by atoms with van der Waals surface area (Å²) < 4.78 is 0. The highest BCUT2D eigenvalue weighted by atomic mass is 32.1. The van der Waals surface area contributed by atoms with Crippen molar-refractivity contribution < 1.29 is 9.59 Å². The Morgan fingerprint density at radius 2 is 2.00 bits per heavy atom. The zero-order valence-electron chi connectivity index (χ0n) is 9.21. The van der Waals surface area contributed by atoms with Gasteiger partial charge in [-0.3, -0.25) is 20.3 Å². The summed E-state index contributed by atoms with van der Waals surface area (Å²) in [5, 5.41) is 5.92. The van der Waals surface area contributed by atoms with Crippen molar-refractivity contribution >= 4 is 34.9 Å². The van der Waals surface area contributed by atoms with Gasteiger partial charge in [0.2, 0.25) is 5.91 Å².